The van der Waals surface area contributed by atoms with Gasteiger partial charge in [-0.3, -0.25) is 29.0 Å². The first-order chi connectivity index (χ1) is 20.2. The molecular formula is C29H49N9O5. The molecule has 0 fully saturated rings. The fourth-order valence-corrected chi connectivity index (χ4v) is 4.32. The lowest BCUT2D eigenvalue weighted by atomic mass is 9.99. The lowest BCUT2D eigenvalue weighted by molar-refractivity contribution is -0.134. The summed E-state index contributed by atoms with van der Waals surface area (Å²) in [7, 11) is 0. The van der Waals surface area contributed by atoms with Crippen LogP contribution in [0.25, 0.3) is 0 Å². The van der Waals surface area contributed by atoms with Crippen molar-refractivity contribution in [2.75, 3.05) is 13.1 Å². The van der Waals surface area contributed by atoms with Crippen molar-refractivity contribution in [1.82, 2.24) is 21.3 Å². The Kier molecular flexibility index (Phi) is 16.3. The largest absolute Gasteiger partial charge is 0.370 e. The van der Waals surface area contributed by atoms with Gasteiger partial charge >= 0.3 is 0 Å². The first-order valence-corrected chi connectivity index (χ1v) is 14.5. The smallest absolute Gasteiger partial charge is 0.243 e. The number of rotatable bonds is 19. The highest BCUT2D eigenvalue weighted by Gasteiger charge is 2.31. The summed E-state index contributed by atoms with van der Waals surface area (Å²) in [5, 5.41) is 10.7. The summed E-state index contributed by atoms with van der Waals surface area (Å²) in [6.07, 6.45) is 1.31. The maximum atomic E-state index is 13.5. The monoisotopic (exact) mass is 603 g/mol. The fourth-order valence-electron chi connectivity index (χ4n) is 4.32. The molecule has 0 saturated carbocycles. The molecule has 0 radical (unpaired) electrons. The van der Waals surface area contributed by atoms with Crippen LogP contribution >= 0.6 is 0 Å². The third kappa shape index (κ3) is 15.0. The zero-order valence-corrected chi connectivity index (χ0v) is 25.6. The zero-order valence-electron chi connectivity index (χ0n) is 25.6. The fraction of sp³-hybridized carbons (Fsp3) is 0.586. The number of primary amides is 1. The summed E-state index contributed by atoms with van der Waals surface area (Å²) < 4.78 is 0. The van der Waals surface area contributed by atoms with Crippen LogP contribution in [0.3, 0.4) is 0 Å². The molecule has 43 heavy (non-hydrogen) atoms. The third-order valence-electron chi connectivity index (χ3n) is 6.41. The third-order valence-corrected chi connectivity index (χ3v) is 6.41. The SMILES string of the molecule is CC(C)CC(NC(=O)C(CC(C)C)NC(=O)C(Cc1ccccc1)NC(=O)CN)C(=O)NC(CCCN=C(N)N)C(N)=O. The van der Waals surface area contributed by atoms with Crippen LogP contribution in [0.5, 0.6) is 0 Å². The summed E-state index contributed by atoms with van der Waals surface area (Å²) >= 11 is 0. The van der Waals surface area contributed by atoms with Gasteiger partial charge < -0.3 is 44.2 Å². The highest BCUT2D eigenvalue weighted by molar-refractivity contribution is 5.95. The van der Waals surface area contributed by atoms with Crippen LogP contribution in [0.15, 0.2) is 35.3 Å². The van der Waals surface area contributed by atoms with Gasteiger partial charge in [-0.15, -0.1) is 0 Å². The Morgan fingerprint density at radius 1 is 0.721 bits per heavy atom. The number of nitrogens with one attached hydrogen (secondary N) is 4. The molecule has 1 aromatic rings. The predicted molar refractivity (Wildman–Crippen MR) is 165 cm³/mol. The van der Waals surface area contributed by atoms with Gasteiger partial charge in [0.2, 0.25) is 29.5 Å². The standard InChI is InChI=1S/C29H49N9O5/c1-17(2)13-21(26(41)36-20(25(31)40)11-8-12-34-29(32)33)37-27(42)22(14-18(3)4)38-28(43)23(35-24(39)16-30)15-19-9-6-5-7-10-19/h5-7,9-10,17-18,20-23H,8,11-16,30H2,1-4H3,(H2,31,40)(H,35,39)(H,36,41)(H,37,42)(H,38,43)(H4,32,33,34). The minimum Gasteiger partial charge on any atom is -0.370 e. The molecule has 4 atom stereocenters. The van der Waals surface area contributed by atoms with Gasteiger partial charge in [0.25, 0.3) is 0 Å². The van der Waals surface area contributed by atoms with E-state index in [1.165, 1.54) is 0 Å². The Morgan fingerprint density at radius 2 is 1.21 bits per heavy atom. The normalized spacial score (nSPS) is 13.7. The van der Waals surface area contributed by atoms with E-state index in [0.717, 1.165) is 5.56 Å². The van der Waals surface area contributed by atoms with Crippen molar-refractivity contribution in [3.8, 4) is 0 Å². The van der Waals surface area contributed by atoms with Gasteiger partial charge in [-0.05, 0) is 43.1 Å². The number of guanidine groups is 1. The van der Waals surface area contributed by atoms with Crippen molar-refractivity contribution in [3.63, 3.8) is 0 Å². The van der Waals surface area contributed by atoms with Crippen molar-refractivity contribution >= 4 is 35.5 Å². The minimum atomic E-state index is -1.01. The van der Waals surface area contributed by atoms with E-state index in [1.807, 2.05) is 58.0 Å². The number of aliphatic imine (C=N–C) groups is 1. The van der Waals surface area contributed by atoms with E-state index in [9.17, 15) is 24.0 Å². The second-order valence-corrected chi connectivity index (χ2v) is 11.3. The summed E-state index contributed by atoms with van der Waals surface area (Å²) in [5.41, 5.74) is 22.4. The van der Waals surface area contributed by atoms with Gasteiger partial charge in [0.1, 0.15) is 24.2 Å². The molecular weight excluding hydrogens is 554 g/mol. The lowest BCUT2D eigenvalue weighted by Crippen LogP contribution is -2.59. The number of carbonyl (C=O) groups excluding carboxylic acids is 5. The van der Waals surface area contributed by atoms with E-state index in [4.69, 9.17) is 22.9 Å². The first kappa shape index (κ1) is 36.8. The highest BCUT2D eigenvalue weighted by atomic mass is 16.2. The van der Waals surface area contributed by atoms with Gasteiger partial charge in [-0.2, -0.15) is 0 Å². The Labute approximate surface area is 253 Å². The maximum Gasteiger partial charge on any atom is 0.243 e. The number of hydrogen-bond acceptors (Lipinski definition) is 7. The summed E-state index contributed by atoms with van der Waals surface area (Å²) in [4.78, 5) is 68.1. The minimum absolute atomic E-state index is 0.00379. The molecule has 12 N–H and O–H groups in total. The van der Waals surface area contributed by atoms with Gasteiger partial charge in [-0.25, -0.2) is 0 Å². The van der Waals surface area contributed by atoms with Crippen molar-refractivity contribution in [2.24, 2.45) is 39.8 Å². The van der Waals surface area contributed by atoms with E-state index in [-0.39, 0.29) is 56.6 Å². The number of amides is 5. The summed E-state index contributed by atoms with van der Waals surface area (Å²) in [5.74, 6) is -3.05. The Balaban J connectivity index is 3.10. The van der Waals surface area contributed by atoms with Gasteiger partial charge in [0, 0.05) is 13.0 Å². The van der Waals surface area contributed by atoms with Gasteiger partial charge in [0.05, 0.1) is 6.54 Å². The van der Waals surface area contributed by atoms with E-state index in [2.05, 4.69) is 26.3 Å². The molecule has 0 aromatic heterocycles. The quantitative estimate of drug-likeness (QED) is 0.0538. The molecule has 0 heterocycles. The van der Waals surface area contributed by atoms with E-state index in [1.54, 1.807) is 0 Å². The number of carbonyl (C=O) groups is 5. The summed E-state index contributed by atoms with van der Waals surface area (Å²) in [6, 6.07) is 5.13. The van der Waals surface area contributed by atoms with E-state index < -0.39 is 53.7 Å². The van der Waals surface area contributed by atoms with Crippen molar-refractivity contribution in [1.29, 1.82) is 0 Å². The average molecular weight is 604 g/mol. The maximum absolute atomic E-state index is 13.5. The van der Waals surface area contributed by atoms with Gasteiger partial charge in [-0.1, -0.05) is 58.0 Å². The van der Waals surface area contributed by atoms with E-state index in [0.29, 0.717) is 6.42 Å². The Hall–Kier alpha value is -4.20. The average Bonchev–Trinajstić information content (AvgIpc) is 2.93. The second kappa shape index (κ2) is 19.1. The van der Waals surface area contributed by atoms with E-state index >= 15 is 0 Å². The van der Waals surface area contributed by atoms with Crippen molar-refractivity contribution < 1.29 is 24.0 Å². The molecule has 0 saturated heterocycles. The molecule has 1 aromatic carbocycles. The highest BCUT2D eigenvalue weighted by Crippen LogP contribution is 2.11. The molecule has 0 spiro atoms. The van der Waals surface area contributed by atoms with Crippen LogP contribution in [0.1, 0.15) is 58.9 Å². The van der Waals surface area contributed by atoms with Crippen LogP contribution < -0.4 is 44.2 Å². The molecule has 14 heteroatoms. The van der Waals surface area contributed by atoms with Crippen molar-refractivity contribution in [3.05, 3.63) is 35.9 Å². The number of benzene rings is 1. The molecule has 1 rings (SSSR count). The van der Waals surface area contributed by atoms with Crippen LogP contribution in [-0.2, 0) is 30.4 Å². The number of hydrogen-bond donors (Lipinski definition) is 8. The van der Waals surface area contributed by atoms with Gasteiger partial charge in [0.15, 0.2) is 5.96 Å². The number of nitrogens with zero attached hydrogens (tertiary/aromatic N) is 1. The second-order valence-electron chi connectivity index (χ2n) is 11.3. The summed E-state index contributed by atoms with van der Waals surface area (Å²) in [6.45, 7) is 7.50. The first-order valence-electron chi connectivity index (χ1n) is 14.5. The molecule has 4 unspecified atom stereocenters. The lowest BCUT2D eigenvalue weighted by Gasteiger charge is -2.27. The predicted octanol–water partition coefficient (Wildman–Crippen LogP) is -1.24. The van der Waals surface area contributed by atoms with Crippen molar-refractivity contribution in [2.45, 2.75) is 84.0 Å². The Bertz CT molecular complexity index is 1090. The van der Waals surface area contributed by atoms with Crippen LogP contribution in [0.2, 0.25) is 0 Å². The van der Waals surface area contributed by atoms with Crippen LogP contribution in [-0.4, -0.2) is 72.8 Å². The number of nitrogens with two attached hydrogens (primary N) is 4. The molecule has 5 amide bonds. The molecule has 0 bridgehead atoms. The molecule has 14 nitrogen and oxygen atoms in total. The molecule has 240 valence electrons. The molecule has 0 aliphatic heterocycles. The van der Waals surface area contributed by atoms with Crippen LogP contribution in [0.4, 0.5) is 0 Å². The Morgan fingerprint density at radius 3 is 1.65 bits per heavy atom. The zero-order chi connectivity index (χ0) is 32.5. The molecule has 0 aliphatic rings. The van der Waals surface area contributed by atoms with Crippen LogP contribution in [0, 0.1) is 11.8 Å². The molecule has 0 aliphatic carbocycles. The topological polar surface area (TPSA) is 250 Å².